The van der Waals surface area contributed by atoms with Crippen molar-refractivity contribution in [1.29, 1.82) is 0 Å². The van der Waals surface area contributed by atoms with Gasteiger partial charge in [0.2, 0.25) is 0 Å². The molecule has 0 aromatic carbocycles. The zero-order valence-electron chi connectivity index (χ0n) is 6.70. The summed E-state index contributed by atoms with van der Waals surface area (Å²) in [4.78, 5) is 0. The lowest BCUT2D eigenvalue weighted by molar-refractivity contribution is 0.659. The standard InChI is InChI=1S/C8H13N3/c1-2-11-5-6(4-10-11)7-3-8(7)9/h4-5,7-8H,2-3,9H2,1H3/t7-,8-/m1/s1. The van der Waals surface area contributed by atoms with Crippen LogP contribution >= 0.6 is 0 Å². The number of aryl methyl sites for hydroxylation is 1. The van der Waals surface area contributed by atoms with Crippen LogP contribution in [-0.2, 0) is 6.54 Å². The van der Waals surface area contributed by atoms with Crippen molar-refractivity contribution in [2.75, 3.05) is 0 Å². The smallest absolute Gasteiger partial charge is 0.0525 e. The largest absolute Gasteiger partial charge is 0.327 e. The van der Waals surface area contributed by atoms with Crippen LogP contribution in [0.5, 0.6) is 0 Å². The van der Waals surface area contributed by atoms with Crippen LogP contribution in [-0.4, -0.2) is 15.8 Å². The lowest BCUT2D eigenvalue weighted by Crippen LogP contribution is -2.00. The third-order valence-corrected chi connectivity index (χ3v) is 2.25. The Morgan fingerprint density at radius 2 is 2.55 bits per heavy atom. The molecule has 0 spiro atoms. The van der Waals surface area contributed by atoms with Crippen LogP contribution < -0.4 is 5.73 Å². The van der Waals surface area contributed by atoms with Crippen molar-refractivity contribution in [2.45, 2.75) is 31.8 Å². The van der Waals surface area contributed by atoms with E-state index in [1.165, 1.54) is 5.56 Å². The average Bonchev–Trinajstić information content (AvgIpc) is 2.59. The van der Waals surface area contributed by atoms with Crippen LogP contribution in [0.4, 0.5) is 0 Å². The van der Waals surface area contributed by atoms with Crippen LogP contribution in [0.3, 0.4) is 0 Å². The van der Waals surface area contributed by atoms with Gasteiger partial charge in [0.05, 0.1) is 6.20 Å². The predicted molar refractivity (Wildman–Crippen MR) is 43.2 cm³/mol. The second-order valence-corrected chi connectivity index (χ2v) is 3.14. The molecule has 0 amide bonds. The van der Waals surface area contributed by atoms with Crippen LogP contribution in [0.2, 0.25) is 0 Å². The molecule has 1 aromatic heterocycles. The Hall–Kier alpha value is -0.830. The maximum absolute atomic E-state index is 5.71. The van der Waals surface area contributed by atoms with Gasteiger partial charge in [0.25, 0.3) is 0 Å². The molecule has 60 valence electrons. The first-order valence-electron chi connectivity index (χ1n) is 4.09. The SMILES string of the molecule is CCn1cc([C@H]2C[C@H]2N)cn1. The molecule has 1 aromatic rings. The maximum Gasteiger partial charge on any atom is 0.0525 e. The first-order valence-corrected chi connectivity index (χ1v) is 4.09. The quantitative estimate of drug-likeness (QED) is 0.676. The molecule has 0 radical (unpaired) electrons. The summed E-state index contributed by atoms with van der Waals surface area (Å²) in [5.41, 5.74) is 7.02. The van der Waals surface area contributed by atoms with Gasteiger partial charge in [-0.05, 0) is 18.9 Å². The molecule has 0 aliphatic heterocycles. The molecule has 3 heteroatoms. The van der Waals surface area contributed by atoms with Gasteiger partial charge in [0, 0.05) is 24.7 Å². The number of aromatic nitrogens is 2. The highest BCUT2D eigenvalue weighted by molar-refractivity contribution is 5.22. The van der Waals surface area contributed by atoms with Crippen molar-refractivity contribution in [3.05, 3.63) is 18.0 Å². The summed E-state index contributed by atoms with van der Waals surface area (Å²) in [7, 11) is 0. The van der Waals surface area contributed by atoms with E-state index in [1.807, 2.05) is 10.9 Å². The van der Waals surface area contributed by atoms with E-state index >= 15 is 0 Å². The first kappa shape index (κ1) is 6.85. The summed E-state index contributed by atoms with van der Waals surface area (Å²) in [6.45, 7) is 3.03. The number of rotatable bonds is 2. The molecule has 1 fully saturated rings. The van der Waals surface area contributed by atoms with Crippen molar-refractivity contribution in [2.24, 2.45) is 5.73 Å². The van der Waals surface area contributed by atoms with Gasteiger partial charge >= 0.3 is 0 Å². The van der Waals surface area contributed by atoms with Gasteiger partial charge < -0.3 is 5.73 Å². The molecule has 2 N–H and O–H groups in total. The van der Waals surface area contributed by atoms with Gasteiger partial charge in [-0.2, -0.15) is 5.10 Å². The van der Waals surface area contributed by atoms with Crippen molar-refractivity contribution in [3.8, 4) is 0 Å². The Labute approximate surface area is 66.2 Å². The lowest BCUT2D eigenvalue weighted by atomic mass is 10.2. The average molecular weight is 151 g/mol. The molecule has 0 saturated heterocycles. The van der Waals surface area contributed by atoms with Crippen LogP contribution in [0.1, 0.15) is 24.8 Å². The highest BCUT2D eigenvalue weighted by atomic mass is 15.3. The minimum Gasteiger partial charge on any atom is -0.327 e. The van der Waals surface area contributed by atoms with Crippen LogP contribution in [0.15, 0.2) is 12.4 Å². The van der Waals surface area contributed by atoms with E-state index in [0.717, 1.165) is 13.0 Å². The molecule has 3 nitrogen and oxygen atoms in total. The number of nitrogens with zero attached hydrogens (tertiary/aromatic N) is 2. The lowest BCUT2D eigenvalue weighted by Gasteiger charge is -1.91. The van der Waals surface area contributed by atoms with Gasteiger partial charge in [0.15, 0.2) is 0 Å². The van der Waals surface area contributed by atoms with E-state index in [0.29, 0.717) is 12.0 Å². The van der Waals surface area contributed by atoms with Crippen molar-refractivity contribution >= 4 is 0 Å². The highest BCUT2D eigenvalue weighted by Crippen LogP contribution is 2.38. The summed E-state index contributed by atoms with van der Waals surface area (Å²) in [6, 6.07) is 0.393. The number of hydrogen-bond donors (Lipinski definition) is 1. The summed E-state index contributed by atoms with van der Waals surface area (Å²) >= 11 is 0. The zero-order valence-corrected chi connectivity index (χ0v) is 6.70. The predicted octanol–water partition coefficient (Wildman–Crippen LogP) is 0.718. The minimum absolute atomic E-state index is 0.393. The molecule has 1 saturated carbocycles. The molecule has 0 bridgehead atoms. The Morgan fingerprint density at radius 3 is 3.00 bits per heavy atom. The Balaban J connectivity index is 2.13. The van der Waals surface area contributed by atoms with Gasteiger partial charge in [0.1, 0.15) is 0 Å². The Bertz CT molecular complexity index is 254. The minimum atomic E-state index is 0.393. The highest BCUT2D eigenvalue weighted by Gasteiger charge is 2.35. The number of hydrogen-bond acceptors (Lipinski definition) is 2. The fourth-order valence-corrected chi connectivity index (χ4v) is 1.34. The normalized spacial score (nSPS) is 28.9. The fourth-order valence-electron chi connectivity index (χ4n) is 1.34. The zero-order chi connectivity index (χ0) is 7.84. The van der Waals surface area contributed by atoms with E-state index in [1.54, 1.807) is 0 Å². The second-order valence-electron chi connectivity index (χ2n) is 3.14. The fraction of sp³-hybridized carbons (Fsp3) is 0.625. The maximum atomic E-state index is 5.71. The van der Waals surface area contributed by atoms with E-state index in [-0.39, 0.29) is 0 Å². The summed E-state index contributed by atoms with van der Waals surface area (Å²) in [5.74, 6) is 0.593. The van der Waals surface area contributed by atoms with Crippen LogP contribution in [0.25, 0.3) is 0 Å². The molecule has 11 heavy (non-hydrogen) atoms. The third-order valence-electron chi connectivity index (χ3n) is 2.25. The van der Waals surface area contributed by atoms with Gasteiger partial charge in [-0.15, -0.1) is 0 Å². The molecular formula is C8H13N3. The molecule has 2 rings (SSSR count). The van der Waals surface area contributed by atoms with Gasteiger partial charge in [-0.1, -0.05) is 0 Å². The van der Waals surface area contributed by atoms with Crippen LogP contribution in [0, 0.1) is 0 Å². The first-order chi connectivity index (χ1) is 5.31. The van der Waals surface area contributed by atoms with E-state index in [2.05, 4.69) is 18.2 Å². The van der Waals surface area contributed by atoms with E-state index in [9.17, 15) is 0 Å². The van der Waals surface area contributed by atoms with E-state index < -0.39 is 0 Å². The van der Waals surface area contributed by atoms with Crippen molar-refractivity contribution in [1.82, 2.24) is 9.78 Å². The summed E-state index contributed by atoms with van der Waals surface area (Å²) in [5, 5.41) is 4.19. The molecule has 0 unspecified atom stereocenters. The van der Waals surface area contributed by atoms with E-state index in [4.69, 9.17) is 5.73 Å². The topological polar surface area (TPSA) is 43.8 Å². The second kappa shape index (κ2) is 2.34. The number of nitrogens with two attached hydrogens (primary N) is 1. The molecular weight excluding hydrogens is 138 g/mol. The van der Waals surface area contributed by atoms with Crippen molar-refractivity contribution in [3.63, 3.8) is 0 Å². The monoisotopic (exact) mass is 151 g/mol. The van der Waals surface area contributed by atoms with Crippen molar-refractivity contribution < 1.29 is 0 Å². The molecule has 1 heterocycles. The molecule has 2 atom stereocenters. The summed E-state index contributed by atoms with van der Waals surface area (Å²) < 4.78 is 1.94. The third kappa shape index (κ3) is 1.16. The Morgan fingerprint density at radius 1 is 1.82 bits per heavy atom. The Kier molecular flexibility index (Phi) is 1.46. The van der Waals surface area contributed by atoms with Gasteiger partial charge in [-0.25, -0.2) is 0 Å². The molecule has 1 aliphatic carbocycles. The molecule has 1 aliphatic rings. The summed E-state index contributed by atoms with van der Waals surface area (Å²) in [6.07, 6.45) is 5.16. The van der Waals surface area contributed by atoms with Gasteiger partial charge in [-0.3, -0.25) is 4.68 Å².